The van der Waals surface area contributed by atoms with Gasteiger partial charge in [-0.15, -0.1) is 0 Å². The van der Waals surface area contributed by atoms with E-state index in [1.165, 1.54) is 17.4 Å². The molecule has 0 saturated carbocycles. The molecule has 5 heteroatoms. The number of rotatable bonds is 3. The Hall–Kier alpha value is -2.30. The van der Waals surface area contributed by atoms with E-state index in [1.54, 1.807) is 6.07 Å². The van der Waals surface area contributed by atoms with Crippen LogP contribution in [0.3, 0.4) is 0 Å². The van der Waals surface area contributed by atoms with Crippen molar-refractivity contribution < 1.29 is 14.1 Å². The summed E-state index contributed by atoms with van der Waals surface area (Å²) in [4.78, 5) is 12.1. The number of hydrogen-bond donors (Lipinski definition) is 1. The molecule has 1 aromatic carbocycles. The van der Waals surface area contributed by atoms with Gasteiger partial charge in [0.05, 0.1) is 6.54 Å². The Balaban J connectivity index is 1.64. The molecule has 104 valence electrons. The number of amides is 1. The first-order valence-electron chi connectivity index (χ1n) is 6.57. The van der Waals surface area contributed by atoms with Gasteiger partial charge in [0.15, 0.2) is 6.10 Å². The molecular weight excluding hydrogens is 256 g/mol. The van der Waals surface area contributed by atoms with Crippen molar-refractivity contribution in [1.29, 1.82) is 0 Å². The van der Waals surface area contributed by atoms with Crippen molar-refractivity contribution >= 4 is 5.91 Å². The van der Waals surface area contributed by atoms with Gasteiger partial charge in [0, 0.05) is 12.5 Å². The van der Waals surface area contributed by atoms with Crippen LogP contribution in [0.25, 0.3) is 0 Å². The molecule has 5 nitrogen and oxygen atoms in total. The van der Waals surface area contributed by atoms with Crippen LogP contribution in [0.2, 0.25) is 0 Å². The second-order valence-electron chi connectivity index (χ2n) is 5.06. The predicted molar refractivity (Wildman–Crippen MR) is 72.4 cm³/mol. The maximum Gasteiger partial charge on any atom is 0.261 e. The number of fused-ring (bicyclic) bond motifs is 1. The number of nitrogens with zero attached hydrogens (tertiary/aromatic N) is 1. The van der Waals surface area contributed by atoms with Crippen LogP contribution in [-0.4, -0.2) is 17.2 Å². The van der Waals surface area contributed by atoms with E-state index in [0.29, 0.717) is 18.7 Å². The number of carbonyl (C=O) groups excluding carboxylic acids is 1. The number of benzene rings is 1. The Morgan fingerprint density at radius 3 is 2.95 bits per heavy atom. The van der Waals surface area contributed by atoms with Crippen LogP contribution in [0.4, 0.5) is 0 Å². The fourth-order valence-corrected chi connectivity index (χ4v) is 2.28. The second kappa shape index (κ2) is 5.00. The summed E-state index contributed by atoms with van der Waals surface area (Å²) in [5, 5.41) is 6.55. The van der Waals surface area contributed by atoms with Crippen LogP contribution in [0.1, 0.15) is 22.4 Å². The summed E-state index contributed by atoms with van der Waals surface area (Å²) < 4.78 is 10.4. The maximum absolute atomic E-state index is 12.1. The molecule has 1 aliphatic rings. The molecule has 0 spiro atoms. The minimum absolute atomic E-state index is 0.125. The average molecular weight is 272 g/mol. The quantitative estimate of drug-likeness (QED) is 0.927. The van der Waals surface area contributed by atoms with Crippen LogP contribution >= 0.6 is 0 Å². The van der Waals surface area contributed by atoms with Gasteiger partial charge in [-0.1, -0.05) is 11.2 Å². The lowest BCUT2D eigenvalue weighted by molar-refractivity contribution is -0.127. The molecule has 1 amide bonds. The van der Waals surface area contributed by atoms with E-state index >= 15 is 0 Å². The Labute approximate surface area is 116 Å². The van der Waals surface area contributed by atoms with Crippen LogP contribution in [-0.2, 0) is 17.8 Å². The van der Waals surface area contributed by atoms with Gasteiger partial charge in [0.25, 0.3) is 5.91 Å². The molecule has 20 heavy (non-hydrogen) atoms. The summed E-state index contributed by atoms with van der Waals surface area (Å²) in [6, 6.07) is 5.81. The molecule has 3 rings (SSSR count). The molecule has 0 fully saturated rings. The van der Waals surface area contributed by atoms with Crippen molar-refractivity contribution in [2.24, 2.45) is 0 Å². The lowest BCUT2D eigenvalue weighted by Crippen LogP contribution is -2.37. The minimum Gasteiger partial charge on any atom is -0.480 e. The van der Waals surface area contributed by atoms with E-state index in [-0.39, 0.29) is 5.91 Å². The number of aromatic nitrogens is 1. The molecule has 0 bridgehead atoms. The van der Waals surface area contributed by atoms with E-state index in [0.717, 1.165) is 11.3 Å². The lowest BCUT2D eigenvalue weighted by atomic mass is 10.0. The van der Waals surface area contributed by atoms with E-state index in [9.17, 15) is 4.79 Å². The Kier molecular flexibility index (Phi) is 3.18. The second-order valence-corrected chi connectivity index (χ2v) is 5.06. The number of nitrogens with one attached hydrogen (secondary N) is 1. The van der Waals surface area contributed by atoms with Gasteiger partial charge in [-0.2, -0.15) is 0 Å². The van der Waals surface area contributed by atoms with Crippen molar-refractivity contribution in [3.05, 3.63) is 46.8 Å². The molecule has 1 aromatic heterocycles. The van der Waals surface area contributed by atoms with Crippen LogP contribution in [0.5, 0.6) is 5.75 Å². The van der Waals surface area contributed by atoms with E-state index in [1.807, 2.05) is 13.0 Å². The zero-order valence-corrected chi connectivity index (χ0v) is 11.5. The standard InChI is InChI=1S/C15H16N2O3/c1-9-5-11-7-14(20-13(11)6-10(9)2)15(18)16-8-12-3-4-19-17-12/h3-6,14H,7-8H2,1-2H3,(H,16,18)/t14-/m0/s1. The number of hydrogen-bond acceptors (Lipinski definition) is 4. The number of ether oxygens (including phenoxy) is 1. The summed E-state index contributed by atoms with van der Waals surface area (Å²) >= 11 is 0. The third kappa shape index (κ3) is 2.39. The van der Waals surface area contributed by atoms with Gasteiger partial charge < -0.3 is 14.6 Å². The third-order valence-electron chi connectivity index (χ3n) is 3.58. The van der Waals surface area contributed by atoms with Crippen molar-refractivity contribution in [3.63, 3.8) is 0 Å². The lowest BCUT2D eigenvalue weighted by Gasteiger charge is -2.10. The molecule has 1 N–H and O–H groups in total. The molecule has 1 aliphatic heterocycles. The maximum atomic E-state index is 12.1. The Morgan fingerprint density at radius 1 is 1.40 bits per heavy atom. The topological polar surface area (TPSA) is 64.4 Å². The highest BCUT2D eigenvalue weighted by atomic mass is 16.5. The number of carbonyl (C=O) groups is 1. The smallest absolute Gasteiger partial charge is 0.261 e. The van der Waals surface area contributed by atoms with Crippen molar-refractivity contribution in [1.82, 2.24) is 10.5 Å². The SMILES string of the molecule is Cc1cc2c(cc1C)O[C@H](C(=O)NCc1ccon1)C2. The summed E-state index contributed by atoms with van der Waals surface area (Å²) in [7, 11) is 0. The van der Waals surface area contributed by atoms with Crippen LogP contribution in [0.15, 0.2) is 29.0 Å². The van der Waals surface area contributed by atoms with Crippen LogP contribution in [0, 0.1) is 13.8 Å². The Morgan fingerprint density at radius 2 is 2.20 bits per heavy atom. The van der Waals surface area contributed by atoms with Gasteiger partial charge in [-0.05, 0) is 36.6 Å². The summed E-state index contributed by atoms with van der Waals surface area (Å²) in [5.41, 5.74) is 4.18. The zero-order chi connectivity index (χ0) is 14.1. The highest BCUT2D eigenvalue weighted by Gasteiger charge is 2.29. The molecule has 0 radical (unpaired) electrons. The average Bonchev–Trinajstić information content (AvgIpc) is 3.05. The van der Waals surface area contributed by atoms with Gasteiger partial charge >= 0.3 is 0 Å². The molecular formula is C15H16N2O3. The fourth-order valence-electron chi connectivity index (χ4n) is 2.28. The zero-order valence-electron chi connectivity index (χ0n) is 11.5. The first-order valence-corrected chi connectivity index (χ1v) is 6.57. The highest BCUT2D eigenvalue weighted by molar-refractivity contribution is 5.82. The van der Waals surface area contributed by atoms with Gasteiger partial charge in [-0.25, -0.2) is 0 Å². The molecule has 0 saturated heterocycles. The third-order valence-corrected chi connectivity index (χ3v) is 3.58. The van der Waals surface area contributed by atoms with Crippen molar-refractivity contribution in [2.75, 3.05) is 0 Å². The predicted octanol–water partition coefficient (Wildman–Crippen LogP) is 1.91. The van der Waals surface area contributed by atoms with E-state index in [4.69, 9.17) is 9.26 Å². The van der Waals surface area contributed by atoms with E-state index in [2.05, 4.69) is 23.5 Å². The van der Waals surface area contributed by atoms with Crippen LogP contribution < -0.4 is 10.1 Å². The molecule has 2 aromatic rings. The molecule has 1 atom stereocenters. The minimum atomic E-state index is -0.460. The normalized spacial score (nSPS) is 16.6. The van der Waals surface area contributed by atoms with Gasteiger partial charge in [0.2, 0.25) is 0 Å². The number of aryl methyl sites for hydroxylation is 2. The highest BCUT2D eigenvalue weighted by Crippen LogP contribution is 2.31. The Bertz CT molecular complexity index is 604. The summed E-state index contributed by atoms with van der Waals surface area (Å²) in [6.45, 7) is 4.45. The fraction of sp³-hybridized carbons (Fsp3) is 0.333. The molecule has 0 aliphatic carbocycles. The molecule has 2 heterocycles. The van der Waals surface area contributed by atoms with E-state index < -0.39 is 6.10 Å². The van der Waals surface area contributed by atoms with Gasteiger partial charge in [-0.3, -0.25) is 4.79 Å². The van der Waals surface area contributed by atoms with Crippen molar-refractivity contribution in [3.8, 4) is 5.75 Å². The summed E-state index contributed by atoms with van der Waals surface area (Å²) in [6.07, 6.45) is 1.63. The first kappa shape index (κ1) is 12.7. The molecule has 0 unspecified atom stereocenters. The van der Waals surface area contributed by atoms with Gasteiger partial charge in [0.1, 0.15) is 17.7 Å². The van der Waals surface area contributed by atoms with Crippen molar-refractivity contribution in [2.45, 2.75) is 32.9 Å². The first-order chi connectivity index (χ1) is 9.63. The monoisotopic (exact) mass is 272 g/mol. The largest absolute Gasteiger partial charge is 0.480 e. The summed E-state index contributed by atoms with van der Waals surface area (Å²) in [5.74, 6) is 0.689.